The Balaban J connectivity index is 5.79. The zero-order valence-electron chi connectivity index (χ0n) is 12.3. The van der Waals surface area contributed by atoms with Crippen LogP contribution < -0.4 is 0 Å². The number of unbranched alkanes of at least 4 members (excludes halogenated alkanes) is 3. The molecule has 0 bridgehead atoms. The molecule has 0 spiro atoms. The van der Waals surface area contributed by atoms with Crippen LogP contribution in [-0.2, 0) is 0 Å². The Hall–Kier alpha value is 6.24. The quantitative estimate of drug-likeness (QED) is 0.159. The van der Waals surface area contributed by atoms with Crippen LogP contribution in [0.15, 0.2) is 0 Å². The Morgan fingerprint density at radius 3 is 1.32 bits per heavy atom. The topological polar surface area (TPSA) is 0 Å². The number of hydrogen-bond donors (Lipinski definition) is 0. The third-order valence-corrected chi connectivity index (χ3v) is 28.1. The fraction of sp³-hybridized carbons (Fsp3) is 0.917. The van der Waals surface area contributed by atoms with Crippen molar-refractivity contribution in [2.24, 2.45) is 0 Å². The van der Waals surface area contributed by atoms with Crippen LogP contribution in [0.3, 0.4) is 0 Å². The summed E-state index contributed by atoms with van der Waals surface area (Å²) in [5.41, 5.74) is 0. The first kappa shape index (κ1) is 31.2. The Morgan fingerprint density at radius 1 is 0.560 bits per heavy atom. The predicted molar refractivity (Wildman–Crippen MR) is 161 cm³/mol. The third-order valence-electron chi connectivity index (χ3n) is 3.17. The van der Waals surface area contributed by atoms with E-state index in [0.29, 0.717) is 0 Å². The van der Waals surface area contributed by atoms with Crippen molar-refractivity contribution >= 4 is 207 Å². The lowest BCUT2D eigenvalue weighted by Gasteiger charge is -2.54. The largest absolute Gasteiger partial charge is 0.162 e. The lowest BCUT2D eigenvalue weighted by atomic mass is 10.1. The predicted octanol–water partition coefficient (Wildman–Crippen LogP) is 12.0. The highest BCUT2D eigenvalue weighted by Gasteiger charge is 2.72. The zero-order valence-corrected chi connectivity index (χ0v) is 32.9. The molecule has 0 aromatic heterocycles. The second-order valence-corrected chi connectivity index (χ2v) is 29.2. The first-order valence-electron chi connectivity index (χ1n) is 6.61. The fourth-order valence-electron chi connectivity index (χ4n) is 1.59. The van der Waals surface area contributed by atoms with Gasteiger partial charge in [-0.2, -0.15) is 0 Å². The van der Waals surface area contributed by atoms with Crippen molar-refractivity contribution < 1.29 is 0 Å². The maximum atomic E-state index is 3.84. The molecule has 0 saturated carbocycles. The van der Waals surface area contributed by atoms with E-state index in [0.717, 1.165) is 12.8 Å². The Labute approximate surface area is 259 Å². The van der Waals surface area contributed by atoms with Gasteiger partial charge in [-0.25, -0.2) is 0 Å². The summed E-state index contributed by atoms with van der Waals surface area (Å²) < 4.78 is -4.39. The molecular weight excluding hydrogens is 1180 g/mol. The monoisotopic (exact) mass is 1180 g/mol. The molecule has 0 N–H and O–H groups in total. The molecule has 25 heavy (non-hydrogen) atoms. The first-order valence-corrected chi connectivity index (χ1v) is 16.9. The smallest absolute Gasteiger partial charge is 0.0698 e. The Morgan fingerprint density at radius 2 is 0.960 bits per heavy atom. The van der Waals surface area contributed by atoms with Gasteiger partial charge in [0, 0.05) is 0 Å². The molecule has 0 saturated heterocycles. The normalized spacial score (nSPS) is 15.6. The number of halogens is 13. The summed E-state index contributed by atoms with van der Waals surface area (Å²) in [7, 11) is 0. The summed E-state index contributed by atoms with van der Waals surface area (Å²) in [4.78, 5) is 0. The van der Waals surface area contributed by atoms with Gasteiger partial charge in [0.2, 0.25) is 0 Å². The molecule has 0 aliphatic rings. The Kier molecular flexibility index (Phi) is 14.5. The van der Waals surface area contributed by atoms with Gasteiger partial charge in [0.1, 0.15) is 16.2 Å². The lowest BCUT2D eigenvalue weighted by molar-refractivity contribution is 0.621. The molecule has 0 unspecified atom stereocenters. The SMILES string of the molecule is CCCCC[CH]C(Br)(Br)C(Br)(Br)C(Br)(Br)C(Br)(Br)C(Br)(Br)C(Br)(Br)Br. The van der Waals surface area contributed by atoms with E-state index < -0.39 is 18.3 Å². The van der Waals surface area contributed by atoms with E-state index >= 15 is 0 Å². The van der Waals surface area contributed by atoms with E-state index in [-0.39, 0.29) is 0 Å². The van der Waals surface area contributed by atoms with Crippen molar-refractivity contribution in [3.8, 4) is 0 Å². The van der Waals surface area contributed by atoms with Crippen molar-refractivity contribution in [2.45, 2.75) is 50.9 Å². The summed E-state index contributed by atoms with van der Waals surface area (Å²) >= 11 is 48.8. The third kappa shape index (κ3) is 7.11. The first-order chi connectivity index (χ1) is 10.8. The highest BCUT2D eigenvalue weighted by atomic mass is 80.0. The molecule has 0 aromatic rings. The highest BCUT2D eigenvalue weighted by molar-refractivity contribution is 9.42. The van der Waals surface area contributed by atoms with Gasteiger partial charge in [0.05, 0.1) is 0 Å². The molecule has 0 aliphatic heterocycles. The van der Waals surface area contributed by atoms with Gasteiger partial charge in [-0.05, 0) is 12.8 Å². The summed E-state index contributed by atoms with van der Waals surface area (Å²) in [6.45, 7) is 2.19. The van der Waals surface area contributed by atoms with Crippen molar-refractivity contribution in [2.75, 3.05) is 0 Å². The minimum atomic E-state index is -0.812. The molecule has 0 heterocycles. The van der Waals surface area contributed by atoms with Gasteiger partial charge < -0.3 is 0 Å². The van der Waals surface area contributed by atoms with Gasteiger partial charge in [0.25, 0.3) is 0 Å². The van der Waals surface area contributed by atoms with Crippen LogP contribution in [-0.4, -0.2) is 18.3 Å². The number of rotatable bonds is 9. The van der Waals surface area contributed by atoms with E-state index in [9.17, 15) is 0 Å². The van der Waals surface area contributed by atoms with Crippen molar-refractivity contribution in [1.82, 2.24) is 0 Å². The Bertz CT molecular complexity index is 435. The van der Waals surface area contributed by atoms with Crippen LogP contribution in [0.5, 0.6) is 0 Å². The molecule has 0 atom stereocenters. The summed E-state index contributed by atoms with van der Waals surface area (Å²) in [6, 6.07) is 0. The van der Waals surface area contributed by atoms with Crippen molar-refractivity contribution in [1.29, 1.82) is 0 Å². The van der Waals surface area contributed by atoms with Crippen LogP contribution in [0.2, 0.25) is 0 Å². The summed E-state index contributed by atoms with van der Waals surface area (Å²) in [6.07, 6.45) is 6.66. The van der Waals surface area contributed by atoms with Gasteiger partial charge in [0.15, 0.2) is 2.14 Å². The molecule has 0 aromatic carbocycles. The van der Waals surface area contributed by atoms with E-state index in [2.05, 4.69) is 220 Å². The van der Waals surface area contributed by atoms with Crippen molar-refractivity contribution in [3.05, 3.63) is 6.42 Å². The fourth-order valence-corrected chi connectivity index (χ4v) is 12.2. The van der Waals surface area contributed by atoms with Gasteiger partial charge >= 0.3 is 0 Å². The van der Waals surface area contributed by atoms with Crippen molar-refractivity contribution in [3.63, 3.8) is 0 Å². The van der Waals surface area contributed by atoms with Gasteiger partial charge in [-0.1, -0.05) is 233 Å². The molecule has 0 aliphatic carbocycles. The lowest BCUT2D eigenvalue weighted by Crippen LogP contribution is -2.63. The van der Waals surface area contributed by atoms with Gasteiger partial charge in [-0.15, -0.1) is 0 Å². The molecule has 0 nitrogen and oxygen atoms in total. The van der Waals surface area contributed by atoms with Crippen LogP contribution in [0, 0.1) is 6.42 Å². The number of alkyl halides is 13. The maximum Gasteiger partial charge on any atom is 0.162 e. The zero-order chi connectivity index (χ0) is 20.5. The standard InChI is InChI=1S/C12H12Br13/c1-2-3-4-5-6-7(13,14)8(15,16)9(17,18)10(19,20)11(21,22)12(23,24)25/h6H,2-5H2,1H3. The van der Waals surface area contributed by atoms with E-state index in [1.54, 1.807) is 0 Å². The summed E-state index contributed by atoms with van der Waals surface area (Å²) in [5, 5.41) is 0. The summed E-state index contributed by atoms with van der Waals surface area (Å²) in [5.74, 6) is 0. The molecule has 0 amide bonds. The molecular formula is C12H12Br13. The second-order valence-electron chi connectivity index (χ2n) is 5.12. The van der Waals surface area contributed by atoms with Crippen LogP contribution >= 0.6 is 207 Å². The van der Waals surface area contributed by atoms with E-state index in [4.69, 9.17) is 0 Å². The maximum absolute atomic E-state index is 3.84. The molecule has 151 valence electrons. The second kappa shape index (κ2) is 11.6. The van der Waals surface area contributed by atoms with Crippen LogP contribution in [0.4, 0.5) is 0 Å². The van der Waals surface area contributed by atoms with Gasteiger partial charge in [-0.3, -0.25) is 0 Å². The molecule has 1 radical (unpaired) electrons. The molecule has 13 heteroatoms. The van der Waals surface area contributed by atoms with Crippen LogP contribution in [0.1, 0.15) is 32.6 Å². The average Bonchev–Trinajstić information content (AvgIpc) is 2.41. The van der Waals surface area contributed by atoms with Crippen LogP contribution in [0.25, 0.3) is 0 Å². The highest BCUT2D eigenvalue weighted by Crippen LogP contribution is 2.74. The average molecular weight is 1190 g/mol. The minimum absolute atomic E-state index is 0.579. The van der Waals surface area contributed by atoms with E-state index in [1.807, 2.05) is 0 Å². The molecule has 0 fully saturated rings. The number of hydrogen-bond acceptors (Lipinski definition) is 0. The molecule has 0 rings (SSSR count). The minimum Gasteiger partial charge on any atom is -0.0698 e. The van der Waals surface area contributed by atoms with E-state index in [1.165, 1.54) is 12.8 Å².